The minimum Gasteiger partial charge on any atom is -0.382 e. The van der Waals surface area contributed by atoms with E-state index in [1.54, 1.807) is 4.80 Å². The van der Waals surface area contributed by atoms with Crippen LogP contribution in [0.4, 0.5) is 0 Å². The molecule has 0 fully saturated rings. The van der Waals surface area contributed by atoms with E-state index in [-0.39, 0.29) is 0 Å². The number of aromatic nitrogens is 3. The van der Waals surface area contributed by atoms with Crippen LogP contribution in [0.5, 0.6) is 0 Å². The Balaban J connectivity index is 1.73. The topological polar surface area (TPSA) is 52.0 Å². The molecule has 0 saturated heterocycles. The number of hydrogen-bond acceptors (Lipinski definition) is 4. The van der Waals surface area contributed by atoms with Gasteiger partial charge in [0.1, 0.15) is 11.4 Å². The average molecular weight is 385 g/mol. The first-order chi connectivity index (χ1) is 13.3. The molecule has 1 N–H and O–H groups in total. The molecule has 0 bridgehead atoms. The van der Waals surface area contributed by atoms with Gasteiger partial charge in [-0.3, -0.25) is 0 Å². The summed E-state index contributed by atoms with van der Waals surface area (Å²) in [6, 6.07) is 18.0. The van der Waals surface area contributed by atoms with Crippen molar-refractivity contribution in [3.05, 3.63) is 70.9 Å². The van der Waals surface area contributed by atoms with Gasteiger partial charge < -0.3 is 10.1 Å². The van der Waals surface area contributed by atoms with Crippen LogP contribution in [-0.2, 0) is 17.8 Å². The first-order valence-electron chi connectivity index (χ1n) is 9.28. The molecular formula is C21H25ClN4O. The van der Waals surface area contributed by atoms with Crippen LogP contribution in [-0.4, -0.2) is 34.8 Å². The summed E-state index contributed by atoms with van der Waals surface area (Å²) in [5.74, 6) is 0. The molecule has 5 nitrogen and oxygen atoms in total. The summed E-state index contributed by atoms with van der Waals surface area (Å²) in [6.07, 6.45) is 0.977. The van der Waals surface area contributed by atoms with Gasteiger partial charge in [0.05, 0.1) is 6.54 Å². The Hall–Kier alpha value is -2.21. The number of rotatable bonds is 10. The molecule has 0 aliphatic carbocycles. The maximum Gasteiger partial charge on any atom is 0.117 e. The molecule has 0 saturated carbocycles. The Labute approximate surface area is 165 Å². The zero-order valence-corrected chi connectivity index (χ0v) is 16.3. The van der Waals surface area contributed by atoms with Crippen molar-refractivity contribution in [1.82, 2.24) is 20.3 Å². The van der Waals surface area contributed by atoms with Crippen molar-refractivity contribution >= 4 is 11.6 Å². The van der Waals surface area contributed by atoms with Crippen molar-refractivity contribution in [2.75, 3.05) is 19.8 Å². The number of halogens is 1. The SMILES string of the molecule is CCOCCCNCc1nn(Cc2cccc(Cl)c2)nc1-c1ccccc1. The van der Waals surface area contributed by atoms with Gasteiger partial charge >= 0.3 is 0 Å². The van der Waals surface area contributed by atoms with Crippen molar-refractivity contribution in [2.24, 2.45) is 0 Å². The van der Waals surface area contributed by atoms with Crippen molar-refractivity contribution in [3.8, 4) is 11.3 Å². The van der Waals surface area contributed by atoms with Crippen LogP contribution in [0.2, 0.25) is 5.02 Å². The van der Waals surface area contributed by atoms with Crippen LogP contribution in [0.15, 0.2) is 54.6 Å². The summed E-state index contributed by atoms with van der Waals surface area (Å²) in [5.41, 5.74) is 4.00. The predicted molar refractivity (Wildman–Crippen MR) is 109 cm³/mol. The molecule has 0 amide bonds. The second-order valence-corrected chi connectivity index (χ2v) is 6.69. The van der Waals surface area contributed by atoms with Crippen molar-refractivity contribution in [1.29, 1.82) is 0 Å². The van der Waals surface area contributed by atoms with Crippen molar-refractivity contribution in [2.45, 2.75) is 26.4 Å². The van der Waals surface area contributed by atoms with Gasteiger partial charge in [-0.1, -0.05) is 54.1 Å². The Morgan fingerprint density at radius 2 is 1.93 bits per heavy atom. The van der Waals surface area contributed by atoms with Crippen LogP contribution < -0.4 is 5.32 Å². The number of nitrogens with one attached hydrogen (secondary N) is 1. The Morgan fingerprint density at radius 3 is 2.70 bits per heavy atom. The van der Waals surface area contributed by atoms with E-state index >= 15 is 0 Å². The Kier molecular flexibility index (Phi) is 7.39. The molecular weight excluding hydrogens is 360 g/mol. The predicted octanol–water partition coefficient (Wildman–Crippen LogP) is 4.16. The van der Waals surface area contributed by atoms with Crippen molar-refractivity contribution in [3.63, 3.8) is 0 Å². The third kappa shape index (κ3) is 5.89. The second kappa shape index (κ2) is 10.2. The standard InChI is InChI=1S/C21H25ClN4O/c1-2-27-13-7-12-23-15-20-21(18-9-4-3-5-10-18)25-26(24-20)16-17-8-6-11-19(22)14-17/h3-6,8-11,14,23H,2,7,12-13,15-16H2,1H3. The Bertz CT molecular complexity index is 835. The highest BCUT2D eigenvalue weighted by molar-refractivity contribution is 6.30. The van der Waals surface area contributed by atoms with E-state index in [2.05, 4.69) is 17.4 Å². The summed E-state index contributed by atoms with van der Waals surface area (Å²) in [6.45, 7) is 5.69. The third-order valence-electron chi connectivity index (χ3n) is 4.12. The fourth-order valence-electron chi connectivity index (χ4n) is 2.84. The van der Waals surface area contributed by atoms with E-state index in [1.165, 1.54) is 0 Å². The summed E-state index contributed by atoms with van der Waals surface area (Å²) in [5, 5.41) is 13.6. The van der Waals surface area contributed by atoms with Crippen LogP contribution in [0, 0.1) is 0 Å². The van der Waals surface area contributed by atoms with E-state index in [0.29, 0.717) is 13.1 Å². The number of benzene rings is 2. The van der Waals surface area contributed by atoms with Gasteiger partial charge in [-0.25, -0.2) is 0 Å². The molecule has 6 heteroatoms. The van der Waals surface area contributed by atoms with Gasteiger partial charge in [0.2, 0.25) is 0 Å². The Morgan fingerprint density at radius 1 is 1.07 bits per heavy atom. The lowest BCUT2D eigenvalue weighted by Gasteiger charge is -2.04. The second-order valence-electron chi connectivity index (χ2n) is 6.25. The van der Waals surface area contributed by atoms with Crippen LogP contribution in [0.1, 0.15) is 24.6 Å². The quantitative estimate of drug-likeness (QED) is 0.533. The summed E-state index contributed by atoms with van der Waals surface area (Å²) < 4.78 is 5.38. The van der Waals surface area contributed by atoms with E-state index in [9.17, 15) is 0 Å². The molecule has 1 aromatic heterocycles. The third-order valence-corrected chi connectivity index (χ3v) is 4.36. The van der Waals surface area contributed by atoms with Gasteiger partial charge in [0, 0.05) is 30.3 Å². The van der Waals surface area contributed by atoms with Crippen LogP contribution in [0.3, 0.4) is 0 Å². The minimum atomic E-state index is 0.588. The average Bonchev–Trinajstić information content (AvgIpc) is 3.08. The highest BCUT2D eigenvalue weighted by Crippen LogP contribution is 2.20. The largest absolute Gasteiger partial charge is 0.382 e. The van der Waals surface area contributed by atoms with Gasteiger partial charge in [-0.2, -0.15) is 15.0 Å². The number of nitrogens with zero attached hydrogens (tertiary/aromatic N) is 3. The van der Waals surface area contributed by atoms with E-state index in [4.69, 9.17) is 26.5 Å². The zero-order valence-electron chi connectivity index (χ0n) is 15.6. The number of ether oxygens (including phenoxy) is 1. The minimum absolute atomic E-state index is 0.588. The highest BCUT2D eigenvalue weighted by Gasteiger charge is 2.13. The molecule has 0 unspecified atom stereocenters. The van der Waals surface area contributed by atoms with E-state index < -0.39 is 0 Å². The normalized spacial score (nSPS) is 11.0. The molecule has 27 heavy (non-hydrogen) atoms. The molecule has 142 valence electrons. The van der Waals surface area contributed by atoms with Gasteiger partial charge in [-0.15, -0.1) is 0 Å². The molecule has 3 rings (SSSR count). The number of hydrogen-bond donors (Lipinski definition) is 1. The van der Waals surface area contributed by atoms with E-state index in [0.717, 1.165) is 53.7 Å². The fraction of sp³-hybridized carbons (Fsp3) is 0.333. The maximum atomic E-state index is 6.09. The smallest absolute Gasteiger partial charge is 0.117 e. The lowest BCUT2D eigenvalue weighted by Crippen LogP contribution is -2.17. The lowest BCUT2D eigenvalue weighted by atomic mass is 10.1. The highest BCUT2D eigenvalue weighted by atomic mass is 35.5. The molecule has 1 heterocycles. The molecule has 2 aromatic carbocycles. The molecule has 0 spiro atoms. The zero-order chi connectivity index (χ0) is 18.9. The van der Waals surface area contributed by atoms with Gasteiger partial charge in [0.15, 0.2) is 0 Å². The molecule has 0 atom stereocenters. The summed E-state index contributed by atoms with van der Waals surface area (Å²) in [4.78, 5) is 1.74. The summed E-state index contributed by atoms with van der Waals surface area (Å²) >= 11 is 6.09. The first-order valence-corrected chi connectivity index (χ1v) is 9.66. The maximum absolute atomic E-state index is 6.09. The van der Waals surface area contributed by atoms with E-state index in [1.807, 2.05) is 49.4 Å². The van der Waals surface area contributed by atoms with Crippen molar-refractivity contribution < 1.29 is 4.74 Å². The lowest BCUT2D eigenvalue weighted by molar-refractivity contribution is 0.144. The van der Waals surface area contributed by atoms with Gasteiger partial charge in [0.25, 0.3) is 0 Å². The van der Waals surface area contributed by atoms with Crippen LogP contribution >= 0.6 is 11.6 Å². The molecule has 3 aromatic rings. The van der Waals surface area contributed by atoms with Crippen LogP contribution in [0.25, 0.3) is 11.3 Å². The monoisotopic (exact) mass is 384 g/mol. The molecule has 0 radical (unpaired) electrons. The summed E-state index contributed by atoms with van der Waals surface area (Å²) in [7, 11) is 0. The fourth-order valence-corrected chi connectivity index (χ4v) is 3.05. The first kappa shape index (κ1) is 19.5. The molecule has 0 aliphatic heterocycles. The molecule has 0 aliphatic rings. The van der Waals surface area contributed by atoms with Gasteiger partial charge in [-0.05, 0) is 37.6 Å².